The van der Waals surface area contributed by atoms with Gasteiger partial charge in [0.2, 0.25) is 0 Å². The van der Waals surface area contributed by atoms with Crippen molar-refractivity contribution in [2.24, 2.45) is 5.92 Å². The summed E-state index contributed by atoms with van der Waals surface area (Å²) in [5.41, 5.74) is 4.20. The molecule has 1 saturated heterocycles. The smallest absolute Gasteiger partial charge is 0.321 e. The number of rotatable bonds is 2. The van der Waals surface area contributed by atoms with Crippen molar-refractivity contribution in [3.8, 4) is 0 Å². The zero-order valence-electron chi connectivity index (χ0n) is 15.8. The van der Waals surface area contributed by atoms with Gasteiger partial charge in [0, 0.05) is 43.0 Å². The molecule has 1 aromatic heterocycles. The van der Waals surface area contributed by atoms with E-state index in [2.05, 4.69) is 11.4 Å². The van der Waals surface area contributed by atoms with Crippen LogP contribution in [0.15, 0.2) is 47.3 Å². The van der Waals surface area contributed by atoms with Crippen LogP contribution in [0.25, 0.3) is 6.08 Å². The highest BCUT2D eigenvalue weighted by molar-refractivity contribution is 5.89. The molecule has 2 atom stereocenters. The quantitative estimate of drug-likeness (QED) is 0.881. The van der Waals surface area contributed by atoms with Crippen LogP contribution in [0.2, 0.25) is 0 Å². The summed E-state index contributed by atoms with van der Waals surface area (Å²) >= 11 is 0. The molecule has 2 unspecified atom stereocenters. The van der Waals surface area contributed by atoms with E-state index >= 15 is 0 Å². The van der Waals surface area contributed by atoms with Gasteiger partial charge in [0.25, 0.3) is 5.56 Å². The average molecular weight is 363 g/mol. The van der Waals surface area contributed by atoms with E-state index in [9.17, 15) is 9.59 Å². The predicted molar refractivity (Wildman–Crippen MR) is 108 cm³/mol. The number of amides is 2. The fourth-order valence-electron chi connectivity index (χ4n) is 4.37. The second-order valence-corrected chi connectivity index (χ2v) is 7.62. The van der Waals surface area contributed by atoms with Crippen LogP contribution in [0.5, 0.6) is 0 Å². The minimum absolute atomic E-state index is 0.0607. The highest BCUT2D eigenvalue weighted by Crippen LogP contribution is 2.37. The Kier molecular flexibility index (Phi) is 4.60. The van der Waals surface area contributed by atoms with Gasteiger partial charge in [-0.15, -0.1) is 0 Å². The Bertz CT molecular complexity index is 943. The molecule has 27 heavy (non-hydrogen) atoms. The van der Waals surface area contributed by atoms with E-state index in [1.807, 2.05) is 59.7 Å². The van der Waals surface area contributed by atoms with Crippen LogP contribution in [-0.2, 0) is 6.54 Å². The number of likely N-dealkylation sites (tertiary alicyclic amines) is 1. The first kappa shape index (κ1) is 17.6. The van der Waals surface area contributed by atoms with Gasteiger partial charge in [-0.2, -0.15) is 0 Å². The number of nitrogens with zero attached hydrogens (tertiary/aromatic N) is 2. The molecule has 2 bridgehead atoms. The second-order valence-electron chi connectivity index (χ2n) is 7.62. The lowest BCUT2D eigenvalue weighted by Gasteiger charge is -2.43. The van der Waals surface area contributed by atoms with Gasteiger partial charge in [-0.1, -0.05) is 29.8 Å². The molecule has 1 N–H and O–H groups in total. The number of carbonyl (C=O) groups is 1. The van der Waals surface area contributed by atoms with E-state index in [0.717, 1.165) is 23.4 Å². The molecule has 0 aliphatic carbocycles. The molecule has 2 aliphatic heterocycles. The second kappa shape index (κ2) is 7.06. The maximum Gasteiger partial charge on any atom is 0.321 e. The van der Waals surface area contributed by atoms with Gasteiger partial charge in [0.1, 0.15) is 0 Å². The minimum atomic E-state index is -0.0622. The largest absolute Gasteiger partial charge is 0.324 e. The molecular formula is C22H25N3O2. The summed E-state index contributed by atoms with van der Waals surface area (Å²) in [7, 11) is 0. The van der Waals surface area contributed by atoms with Gasteiger partial charge in [0.15, 0.2) is 0 Å². The van der Waals surface area contributed by atoms with Crippen LogP contribution in [0.1, 0.15) is 36.1 Å². The zero-order valence-corrected chi connectivity index (χ0v) is 15.8. The molecule has 4 rings (SSSR count). The molecule has 2 aromatic rings. The molecule has 140 valence electrons. The number of allylic oxidation sites excluding steroid dienone is 1. The molecule has 2 aliphatic rings. The summed E-state index contributed by atoms with van der Waals surface area (Å²) in [6.07, 6.45) is 5.08. The summed E-state index contributed by atoms with van der Waals surface area (Å²) in [6, 6.07) is 11.3. The van der Waals surface area contributed by atoms with Gasteiger partial charge in [0.05, 0.1) is 0 Å². The lowest BCUT2D eigenvalue weighted by molar-refractivity contribution is 0.139. The van der Waals surface area contributed by atoms with Crippen LogP contribution in [0.4, 0.5) is 10.5 Å². The Hall–Kier alpha value is -2.82. The number of aromatic nitrogens is 1. The van der Waals surface area contributed by atoms with Gasteiger partial charge < -0.3 is 14.8 Å². The molecule has 5 heteroatoms. The number of benzene rings is 1. The Morgan fingerprint density at radius 1 is 1.11 bits per heavy atom. The first-order valence-corrected chi connectivity index (χ1v) is 9.54. The van der Waals surface area contributed by atoms with Crippen molar-refractivity contribution in [1.29, 1.82) is 0 Å². The number of aryl methyl sites for hydroxylation is 1. The van der Waals surface area contributed by atoms with Crippen molar-refractivity contribution < 1.29 is 4.79 Å². The van der Waals surface area contributed by atoms with Gasteiger partial charge in [-0.25, -0.2) is 4.79 Å². The van der Waals surface area contributed by atoms with E-state index in [-0.39, 0.29) is 17.5 Å². The number of anilines is 1. The standard InChI is InChI=1S/C22H25N3O2/c1-3-4-17-7-10-20(26)25-13-16-11-18(21(17)25)14-24(12-16)22(27)23-19-8-5-15(2)6-9-19/h3-10,16,18H,11-14H2,1-2H3,(H,23,27). The van der Waals surface area contributed by atoms with E-state index in [0.29, 0.717) is 25.6 Å². The number of pyridine rings is 1. The lowest BCUT2D eigenvalue weighted by Crippen LogP contribution is -2.50. The molecule has 3 heterocycles. The van der Waals surface area contributed by atoms with Crippen molar-refractivity contribution in [2.75, 3.05) is 18.4 Å². The molecule has 0 spiro atoms. The topological polar surface area (TPSA) is 54.3 Å². The van der Waals surface area contributed by atoms with Crippen molar-refractivity contribution in [2.45, 2.75) is 32.7 Å². The van der Waals surface area contributed by atoms with E-state index in [1.165, 1.54) is 5.56 Å². The highest BCUT2D eigenvalue weighted by atomic mass is 16.2. The summed E-state index contributed by atoms with van der Waals surface area (Å²) in [5.74, 6) is 0.514. The maximum absolute atomic E-state index is 12.8. The monoisotopic (exact) mass is 363 g/mol. The van der Waals surface area contributed by atoms with Crippen LogP contribution in [0.3, 0.4) is 0 Å². The highest BCUT2D eigenvalue weighted by Gasteiger charge is 2.37. The zero-order chi connectivity index (χ0) is 19.0. The number of fused-ring (bicyclic) bond motifs is 4. The average Bonchev–Trinajstić information content (AvgIpc) is 2.66. The van der Waals surface area contributed by atoms with Crippen molar-refractivity contribution in [1.82, 2.24) is 9.47 Å². The van der Waals surface area contributed by atoms with Gasteiger partial charge in [-0.05, 0) is 49.9 Å². The number of hydrogen-bond donors (Lipinski definition) is 1. The van der Waals surface area contributed by atoms with Crippen molar-refractivity contribution in [3.05, 3.63) is 69.6 Å². The van der Waals surface area contributed by atoms with Crippen molar-refractivity contribution >= 4 is 17.8 Å². The number of urea groups is 1. The summed E-state index contributed by atoms with van der Waals surface area (Å²) in [4.78, 5) is 27.1. The van der Waals surface area contributed by atoms with Crippen LogP contribution < -0.4 is 10.9 Å². The Morgan fingerprint density at radius 3 is 2.63 bits per heavy atom. The van der Waals surface area contributed by atoms with E-state index in [4.69, 9.17) is 0 Å². The first-order valence-electron chi connectivity index (χ1n) is 9.54. The molecule has 1 aromatic carbocycles. The van der Waals surface area contributed by atoms with Crippen LogP contribution >= 0.6 is 0 Å². The summed E-state index contributed by atoms with van der Waals surface area (Å²) in [6.45, 7) is 6.02. The van der Waals surface area contributed by atoms with Crippen LogP contribution in [0, 0.1) is 12.8 Å². The molecular weight excluding hydrogens is 338 g/mol. The first-order chi connectivity index (χ1) is 13.0. The van der Waals surface area contributed by atoms with E-state index < -0.39 is 0 Å². The molecule has 5 nitrogen and oxygen atoms in total. The molecule has 1 fully saturated rings. The van der Waals surface area contributed by atoms with Gasteiger partial charge >= 0.3 is 6.03 Å². The molecule has 0 radical (unpaired) electrons. The molecule has 2 amide bonds. The summed E-state index contributed by atoms with van der Waals surface area (Å²) < 4.78 is 1.92. The van der Waals surface area contributed by atoms with Crippen molar-refractivity contribution in [3.63, 3.8) is 0 Å². The maximum atomic E-state index is 12.8. The SMILES string of the molecule is CC=Cc1ccc(=O)n2c1C1CC(CN(C(=O)Nc3ccc(C)cc3)C1)C2. The number of nitrogens with one attached hydrogen (secondary N) is 1. The Balaban J connectivity index is 1.58. The normalized spacial score (nSPS) is 21.2. The van der Waals surface area contributed by atoms with Crippen LogP contribution in [-0.4, -0.2) is 28.6 Å². The number of piperidine rings is 1. The third-order valence-corrected chi connectivity index (χ3v) is 5.56. The van der Waals surface area contributed by atoms with E-state index in [1.54, 1.807) is 6.07 Å². The Labute approximate surface area is 159 Å². The Morgan fingerprint density at radius 2 is 1.89 bits per heavy atom. The number of carbonyl (C=O) groups excluding carboxylic acids is 1. The minimum Gasteiger partial charge on any atom is -0.324 e. The third kappa shape index (κ3) is 3.42. The van der Waals surface area contributed by atoms with Gasteiger partial charge in [-0.3, -0.25) is 4.79 Å². The predicted octanol–water partition coefficient (Wildman–Crippen LogP) is 3.84. The third-order valence-electron chi connectivity index (χ3n) is 5.56. The fourth-order valence-corrected chi connectivity index (χ4v) is 4.37. The molecule has 0 saturated carbocycles. The number of hydrogen-bond acceptors (Lipinski definition) is 2. The summed E-state index contributed by atoms with van der Waals surface area (Å²) in [5, 5.41) is 3.01. The lowest BCUT2D eigenvalue weighted by atomic mass is 9.81. The fraction of sp³-hybridized carbons (Fsp3) is 0.364.